The lowest BCUT2D eigenvalue weighted by atomic mass is 10.1. The van der Waals surface area contributed by atoms with E-state index in [2.05, 4.69) is 56.2 Å². The maximum atomic E-state index is 12.9. The molecule has 0 fully saturated rings. The summed E-state index contributed by atoms with van der Waals surface area (Å²) in [4.78, 5) is 47.0. The third kappa shape index (κ3) is 13.9. The molecule has 8 rings (SSSR count). The molecule has 0 spiro atoms. The van der Waals surface area contributed by atoms with E-state index in [9.17, 15) is 19.5 Å². The van der Waals surface area contributed by atoms with Crippen LogP contribution < -0.4 is 27.0 Å². The average Bonchev–Trinajstić information content (AvgIpc) is 4.25. The molecule has 0 aliphatic rings. The van der Waals surface area contributed by atoms with Crippen LogP contribution in [0.5, 0.6) is 0 Å². The van der Waals surface area contributed by atoms with Gasteiger partial charge < -0.3 is 63.7 Å². The second kappa shape index (κ2) is 25.4. The number of fused-ring (bicyclic) bond motifs is 2. The summed E-state index contributed by atoms with van der Waals surface area (Å²) in [7, 11) is 0. The van der Waals surface area contributed by atoms with Crippen molar-refractivity contribution in [1.82, 2.24) is 50.1 Å². The Morgan fingerprint density at radius 3 is 1.86 bits per heavy atom. The van der Waals surface area contributed by atoms with Gasteiger partial charge in [0.05, 0.1) is 93.5 Å². The molecular formula is C47H55N13O10S2. The van der Waals surface area contributed by atoms with Gasteiger partial charge in [-0.15, -0.1) is 20.4 Å². The van der Waals surface area contributed by atoms with E-state index >= 15 is 0 Å². The topological polar surface area (TPSA) is 296 Å². The molecule has 6 heterocycles. The van der Waals surface area contributed by atoms with Crippen molar-refractivity contribution in [2.24, 2.45) is 5.73 Å². The van der Waals surface area contributed by atoms with E-state index in [1.807, 2.05) is 42.7 Å². The van der Waals surface area contributed by atoms with Gasteiger partial charge in [0.25, 0.3) is 5.91 Å². The first-order valence-electron chi connectivity index (χ1n) is 23.1. The van der Waals surface area contributed by atoms with Gasteiger partial charge in [-0.1, -0.05) is 28.7 Å². The lowest BCUT2D eigenvalue weighted by Gasteiger charge is -2.13. The summed E-state index contributed by atoms with van der Waals surface area (Å²) in [6, 6.07) is 17.2. The summed E-state index contributed by atoms with van der Waals surface area (Å²) >= 11 is 2.49. The van der Waals surface area contributed by atoms with Crippen LogP contribution in [-0.4, -0.2) is 134 Å². The lowest BCUT2D eigenvalue weighted by molar-refractivity contribution is -0.123. The zero-order chi connectivity index (χ0) is 50.2. The van der Waals surface area contributed by atoms with Crippen molar-refractivity contribution >= 4 is 72.7 Å². The molecule has 8 aromatic rings. The van der Waals surface area contributed by atoms with E-state index in [1.54, 1.807) is 48.9 Å². The highest BCUT2D eigenvalue weighted by molar-refractivity contribution is 7.18. The molecule has 2 atom stereocenters. The highest BCUT2D eigenvalue weighted by Crippen LogP contribution is 2.30. The van der Waals surface area contributed by atoms with E-state index in [1.165, 1.54) is 22.7 Å². The molecule has 2 unspecified atom stereocenters. The van der Waals surface area contributed by atoms with E-state index in [0.29, 0.717) is 114 Å². The fourth-order valence-electron chi connectivity index (χ4n) is 7.42. The number of hydrogen-bond donors (Lipinski definition) is 6. The molecule has 0 aliphatic heterocycles. The van der Waals surface area contributed by atoms with Gasteiger partial charge in [0.1, 0.15) is 11.6 Å². The molecule has 0 saturated heterocycles. The third-order valence-corrected chi connectivity index (χ3v) is 12.8. The first kappa shape index (κ1) is 51.4. The number of aliphatic hydroxyl groups is 1. The summed E-state index contributed by atoms with van der Waals surface area (Å²) in [5.74, 6) is 1.88. The number of carbonyl (C=O) groups excluding carboxylic acids is 3. The number of nitrogens with one attached hydrogen (secondary N) is 4. The number of anilines is 2. The van der Waals surface area contributed by atoms with Crippen LogP contribution in [0.15, 0.2) is 82.0 Å². The molecule has 72 heavy (non-hydrogen) atoms. The van der Waals surface area contributed by atoms with Crippen LogP contribution in [0.1, 0.15) is 46.6 Å². The maximum Gasteiger partial charge on any atom is 0.257 e. The van der Waals surface area contributed by atoms with Crippen molar-refractivity contribution < 1.29 is 47.3 Å². The minimum absolute atomic E-state index is 0.0947. The predicted molar refractivity (Wildman–Crippen MR) is 267 cm³/mol. The van der Waals surface area contributed by atoms with Crippen molar-refractivity contribution in [3.63, 3.8) is 0 Å². The van der Waals surface area contributed by atoms with Crippen molar-refractivity contribution in [1.29, 1.82) is 0 Å². The molecular weight excluding hydrogens is 971 g/mol. The van der Waals surface area contributed by atoms with Crippen molar-refractivity contribution in [2.45, 2.75) is 52.0 Å². The van der Waals surface area contributed by atoms with Crippen molar-refractivity contribution in [3.8, 4) is 21.5 Å². The molecule has 23 nitrogen and oxygen atoms in total. The monoisotopic (exact) mass is 1030 g/mol. The van der Waals surface area contributed by atoms with Gasteiger partial charge in [0, 0.05) is 43.7 Å². The Bertz CT molecular complexity index is 3010. The first-order valence-corrected chi connectivity index (χ1v) is 24.8. The number of hydrogen-bond acceptors (Lipinski definition) is 20. The summed E-state index contributed by atoms with van der Waals surface area (Å²) < 4.78 is 37.6. The molecule has 0 saturated carbocycles. The number of aliphatic hydroxyl groups excluding tert-OH is 1. The number of furan rings is 2. The van der Waals surface area contributed by atoms with Gasteiger partial charge in [-0.05, 0) is 74.9 Å². The SMILES string of the molecule is Cc1nc2cc(C(=O)Nc3nnc(-c4ccco4)s3)ccc2n1CCOCCOCCNC(=O)CCC(N)C(=O)NCCOCCOCCn1c(C)nc2cc(C(O)Nc3nnc(-c4ccco4)s3)ccc21. The summed E-state index contributed by atoms with van der Waals surface area (Å²) in [6.07, 6.45) is 2.39. The molecule has 25 heteroatoms. The van der Waals surface area contributed by atoms with Gasteiger partial charge >= 0.3 is 0 Å². The van der Waals surface area contributed by atoms with Crippen molar-refractivity contribution in [3.05, 3.63) is 96.0 Å². The van der Waals surface area contributed by atoms with Gasteiger partial charge in [-0.3, -0.25) is 19.7 Å². The Balaban J connectivity index is 0.613. The van der Waals surface area contributed by atoms with Crippen molar-refractivity contribution in [2.75, 3.05) is 76.6 Å². The first-order chi connectivity index (χ1) is 35.1. The Morgan fingerprint density at radius 2 is 1.25 bits per heavy atom. The molecule has 0 bridgehead atoms. The Kier molecular flexibility index (Phi) is 18.1. The zero-order valence-corrected chi connectivity index (χ0v) is 41.2. The number of benzene rings is 2. The number of nitrogens with zero attached hydrogens (tertiary/aromatic N) is 8. The minimum atomic E-state index is -1.01. The molecule has 2 aromatic carbocycles. The number of carbonyl (C=O) groups is 3. The highest BCUT2D eigenvalue weighted by atomic mass is 32.1. The van der Waals surface area contributed by atoms with Gasteiger partial charge in [-0.25, -0.2) is 9.97 Å². The minimum Gasteiger partial charge on any atom is -0.462 e. The van der Waals surface area contributed by atoms with E-state index in [0.717, 1.165) is 28.2 Å². The Hall–Kier alpha value is -6.97. The predicted octanol–water partition coefficient (Wildman–Crippen LogP) is 4.69. The molecule has 0 aliphatic carbocycles. The summed E-state index contributed by atoms with van der Waals surface area (Å²) in [5.41, 5.74) is 10.3. The van der Waals surface area contributed by atoms with Gasteiger partial charge in [-0.2, -0.15) is 0 Å². The second-order valence-electron chi connectivity index (χ2n) is 16.1. The number of nitrogens with two attached hydrogens (primary N) is 1. The van der Waals surface area contributed by atoms with Crippen LogP contribution in [-0.2, 0) is 41.6 Å². The van der Waals surface area contributed by atoms with Crippen LogP contribution in [0.3, 0.4) is 0 Å². The number of imidazole rings is 2. The van der Waals surface area contributed by atoms with E-state index in [4.69, 9.17) is 33.5 Å². The summed E-state index contributed by atoms with van der Waals surface area (Å²) in [6.45, 7) is 8.38. The number of aryl methyl sites for hydroxylation is 2. The smallest absolute Gasteiger partial charge is 0.257 e. The fraction of sp³-hybridized carbons (Fsp3) is 0.383. The number of ether oxygens (including phenoxy) is 4. The Labute approximate surface area is 420 Å². The van der Waals surface area contributed by atoms with Crippen LogP contribution >= 0.6 is 22.7 Å². The highest BCUT2D eigenvalue weighted by Gasteiger charge is 2.19. The standard InChI is InChI=1S/C47H55N13O10S2/c1-29-51-34-27-31(41(62)53-46-57-55-44(71-46)38-5-3-17-69-38)7-10-36(34)59(29)15-21-67-25-23-65-19-13-49-40(61)12-9-33(48)43(64)50-14-20-66-24-26-68-22-16-60-30(2)52-35-28-32(8-11-37(35)60)42(63)54-47-58-56-45(72-47)39-6-4-18-70-39/h3-8,10-11,17-18,27-28,33,42,63H,9,12-16,19-26,48H2,1-2H3,(H,49,61)(H,50,64)(H,54,58)(H,53,57,62). The maximum absolute atomic E-state index is 12.9. The van der Waals surface area contributed by atoms with Gasteiger partial charge in [0.15, 0.2) is 27.8 Å². The molecule has 0 radical (unpaired) electrons. The van der Waals surface area contributed by atoms with E-state index in [-0.39, 0.29) is 43.7 Å². The fourth-order valence-corrected chi connectivity index (χ4v) is 8.86. The van der Waals surface area contributed by atoms with E-state index < -0.39 is 12.3 Å². The molecule has 6 aromatic heterocycles. The third-order valence-electron chi connectivity index (χ3n) is 11.1. The number of rotatable bonds is 29. The quantitative estimate of drug-likeness (QED) is 0.0274. The second-order valence-corrected chi connectivity index (χ2v) is 18.0. The molecule has 380 valence electrons. The van der Waals surface area contributed by atoms with Crippen LogP contribution in [0, 0.1) is 13.8 Å². The van der Waals surface area contributed by atoms with Gasteiger partial charge in [0.2, 0.25) is 22.1 Å². The largest absolute Gasteiger partial charge is 0.462 e. The normalized spacial score (nSPS) is 12.4. The summed E-state index contributed by atoms with van der Waals surface area (Å²) in [5, 5.41) is 40.4. The number of amides is 3. The van der Waals surface area contributed by atoms with Crippen LogP contribution in [0.25, 0.3) is 43.6 Å². The Morgan fingerprint density at radius 1 is 0.694 bits per heavy atom. The van der Waals surface area contributed by atoms with Crippen LogP contribution in [0.2, 0.25) is 0 Å². The molecule has 7 N–H and O–H groups in total. The average molecular weight is 1030 g/mol. The van der Waals surface area contributed by atoms with Crippen LogP contribution in [0.4, 0.5) is 10.3 Å². The lowest BCUT2D eigenvalue weighted by Crippen LogP contribution is -2.42. The number of aromatic nitrogens is 8. The zero-order valence-electron chi connectivity index (χ0n) is 39.6. The molecule has 3 amide bonds.